The van der Waals surface area contributed by atoms with E-state index >= 15 is 0 Å². The van der Waals surface area contributed by atoms with Crippen LogP contribution < -0.4 is 10.2 Å². The maximum absolute atomic E-state index is 13.2. The second-order valence-corrected chi connectivity index (χ2v) is 9.53. The number of benzene rings is 3. The SMILES string of the molecule is CCc1cc(Br)cc(CC)c1NC(=O)c1ccc2c(c1)CCCN2C(=O)c1cccc(Cl)c1. The van der Waals surface area contributed by atoms with Crippen LogP contribution in [0.4, 0.5) is 11.4 Å². The molecule has 1 N–H and O–H groups in total. The largest absolute Gasteiger partial charge is 0.321 e. The van der Waals surface area contributed by atoms with Gasteiger partial charge in [0.1, 0.15) is 0 Å². The lowest BCUT2D eigenvalue weighted by Gasteiger charge is -2.30. The lowest BCUT2D eigenvalue weighted by Crippen LogP contribution is -2.35. The number of hydrogen-bond donors (Lipinski definition) is 1. The molecule has 0 aliphatic carbocycles. The van der Waals surface area contributed by atoms with Crippen LogP contribution >= 0.6 is 27.5 Å². The molecule has 0 saturated carbocycles. The van der Waals surface area contributed by atoms with E-state index in [4.69, 9.17) is 11.6 Å². The van der Waals surface area contributed by atoms with Crippen molar-refractivity contribution in [1.29, 1.82) is 0 Å². The number of halogens is 2. The van der Waals surface area contributed by atoms with E-state index in [2.05, 4.69) is 47.2 Å². The summed E-state index contributed by atoms with van der Waals surface area (Å²) < 4.78 is 1.02. The Morgan fingerprint density at radius 3 is 2.39 bits per heavy atom. The van der Waals surface area contributed by atoms with Crippen LogP contribution in [0.3, 0.4) is 0 Å². The number of carbonyl (C=O) groups is 2. The van der Waals surface area contributed by atoms with Gasteiger partial charge in [-0.25, -0.2) is 0 Å². The fourth-order valence-corrected chi connectivity index (χ4v) is 5.10. The summed E-state index contributed by atoms with van der Waals surface area (Å²) in [5.41, 5.74) is 6.12. The summed E-state index contributed by atoms with van der Waals surface area (Å²) in [6.45, 7) is 4.81. The number of amides is 2. The minimum Gasteiger partial charge on any atom is -0.321 e. The first-order chi connectivity index (χ1) is 15.9. The van der Waals surface area contributed by atoms with Crippen LogP contribution in [-0.2, 0) is 19.3 Å². The van der Waals surface area contributed by atoms with Crippen LogP contribution in [0, 0.1) is 0 Å². The summed E-state index contributed by atoms with van der Waals surface area (Å²) in [5.74, 6) is -0.214. The number of aryl methyl sites for hydroxylation is 3. The molecular weight excluding hydrogens is 500 g/mol. The summed E-state index contributed by atoms with van der Waals surface area (Å²) in [7, 11) is 0. The van der Waals surface area contributed by atoms with Crippen LogP contribution in [0.25, 0.3) is 0 Å². The highest BCUT2D eigenvalue weighted by atomic mass is 79.9. The monoisotopic (exact) mass is 524 g/mol. The fourth-order valence-electron chi connectivity index (χ4n) is 4.36. The van der Waals surface area contributed by atoms with Gasteiger partial charge in [0, 0.05) is 38.5 Å². The van der Waals surface area contributed by atoms with Crippen LogP contribution in [0.1, 0.15) is 57.7 Å². The Morgan fingerprint density at radius 1 is 1.00 bits per heavy atom. The Hall–Kier alpha value is -2.63. The minimum atomic E-state index is -0.136. The van der Waals surface area contributed by atoms with Gasteiger partial charge in [-0.1, -0.05) is 47.4 Å². The predicted octanol–water partition coefficient (Wildman–Crippen LogP) is 7.07. The molecule has 1 aliphatic rings. The zero-order valence-electron chi connectivity index (χ0n) is 18.8. The molecule has 0 saturated heterocycles. The molecule has 0 radical (unpaired) electrons. The van der Waals surface area contributed by atoms with E-state index in [0.29, 0.717) is 22.7 Å². The van der Waals surface area contributed by atoms with E-state index in [9.17, 15) is 9.59 Å². The smallest absolute Gasteiger partial charge is 0.258 e. The van der Waals surface area contributed by atoms with E-state index in [1.807, 2.05) is 12.1 Å². The molecule has 0 fully saturated rings. The molecule has 1 heterocycles. The lowest BCUT2D eigenvalue weighted by molar-refractivity contribution is 0.0984. The van der Waals surface area contributed by atoms with Gasteiger partial charge >= 0.3 is 0 Å². The molecule has 0 unspecified atom stereocenters. The lowest BCUT2D eigenvalue weighted by atomic mass is 9.97. The number of rotatable bonds is 5. The first-order valence-electron chi connectivity index (χ1n) is 11.2. The molecule has 0 spiro atoms. The zero-order chi connectivity index (χ0) is 23.5. The minimum absolute atomic E-state index is 0.0781. The molecule has 33 heavy (non-hydrogen) atoms. The fraction of sp³-hybridized carbons (Fsp3) is 0.259. The number of anilines is 2. The highest BCUT2D eigenvalue weighted by Gasteiger charge is 2.25. The zero-order valence-corrected chi connectivity index (χ0v) is 21.1. The maximum Gasteiger partial charge on any atom is 0.258 e. The Kier molecular flexibility index (Phi) is 7.20. The maximum atomic E-state index is 13.2. The Morgan fingerprint density at radius 2 is 1.73 bits per heavy atom. The van der Waals surface area contributed by atoms with Gasteiger partial charge in [-0.3, -0.25) is 9.59 Å². The van der Waals surface area contributed by atoms with Crippen LogP contribution in [0.15, 0.2) is 59.1 Å². The van der Waals surface area contributed by atoms with E-state index in [1.165, 1.54) is 0 Å². The van der Waals surface area contributed by atoms with Crippen molar-refractivity contribution in [2.45, 2.75) is 39.5 Å². The molecule has 170 valence electrons. The van der Waals surface area contributed by atoms with E-state index in [0.717, 1.165) is 58.2 Å². The van der Waals surface area contributed by atoms with Gasteiger partial charge in [0.2, 0.25) is 0 Å². The van der Waals surface area contributed by atoms with E-state index in [1.54, 1.807) is 35.2 Å². The van der Waals surface area contributed by atoms with Crippen molar-refractivity contribution in [3.05, 3.63) is 91.9 Å². The molecule has 0 atom stereocenters. The quantitative estimate of drug-likeness (QED) is 0.387. The van der Waals surface area contributed by atoms with Gasteiger partial charge in [-0.15, -0.1) is 0 Å². The second kappa shape index (κ2) is 10.1. The van der Waals surface area contributed by atoms with E-state index in [-0.39, 0.29) is 11.8 Å². The normalized spacial score (nSPS) is 12.9. The number of nitrogens with one attached hydrogen (secondary N) is 1. The molecule has 4 nitrogen and oxygen atoms in total. The summed E-state index contributed by atoms with van der Waals surface area (Å²) in [6.07, 6.45) is 3.32. The second-order valence-electron chi connectivity index (χ2n) is 8.17. The van der Waals surface area contributed by atoms with Crippen molar-refractivity contribution in [3.8, 4) is 0 Å². The van der Waals surface area contributed by atoms with Crippen molar-refractivity contribution < 1.29 is 9.59 Å². The van der Waals surface area contributed by atoms with E-state index < -0.39 is 0 Å². The summed E-state index contributed by atoms with van der Waals surface area (Å²) in [6, 6.07) is 16.7. The molecule has 0 aromatic heterocycles. The number of fused-ring (bicyclic) bond motifs is 1. The van der Waals surface area contributed by atoms with Crippen molar-refractivity contribution >= 4 is 50.7 Å². The summed E-state index contributed by atoms with van der Waals surface area (Å²) >= 11 is 9.65. The first-order valence-corrected chi connectivity index (χ1v) is 12.4. The highest BCUT2D eigenvalue weighted by molar-refractivity contribution is 9.10. The van der Waals surface area contributed by atoms with Crippen LogP contribution in [0.5, 0.6) is 0 Å². The standard InChI is InChI=1S/C27H26BrClN2O2/c1-3-17-14-22(28)15-18(4-2)25(17)30-26(32)20-10-11-24-19(13-20)8-6-12-31(24)27(33)21-7-5-9-23(29)16-21/h5,7,9-11,13-16H,3-4,6,8,12H2,1-2H3,(H,30,32). The van der Waals surface area contributed by atoms with Crippen molar-refractivity contribution in [1.82, 2.24) is 0 Å². The molecule has 6 heteroatoms. The van der Waals surface area contributed by atoms with Crippen molar-refractivity contribution in [3.63, 3.8) is 0 Å². The molecule has 0 bridgehead atoms. The molecule has 3 aromatic carbocycles. The summed E-state index contributed by atoms with van der Waals surface area (Å²) in [4.78, 5) is 28.1. The Balaban J connectivity index is 1.61. The molecule has 1 aliphatic heterocycles. The van der Waals surface area contributed by atoms with Gasteiger partial charge in [0.05, 0.1) is 0 Å². The molecule has 3 aromatic rings. The van der Waals surface area contributed by atoms with Crippen molar-refractivity contribution in [2.75, 3.05) is 16.8 Å². The Bertz CT molecular complexity index is 1200. The molecular formula is C27H26BrClN2O2. The van der Waals surface area contributed by atoms with Crippen LogP contribution in [-0.4, -0.2) is 18.4 Å². The first kappa shape index (κ1) is 23.5. The van der Waals surface area contributed by atoms with Crippen LogP contribution in [0.2, 0.25) is 5.02 Å². The Labute approximate surface area is 208 Å². The van der Waals surface area contributed by atoms with Gasteiger partial charge in [0.25, 0.3) is 11.8 Å². The van der Waals surface area contributed by atoms with Gasteiger partial charge < -0.3 is 10.2 Å². The third kappa shape index (κ3) is 4.99. The van der Waals surface area contributed by atoms with Gasteiger partial charge in [-0.05, 0) is 90.9 Å². The average molecular weight is 526 g/mol. The number of nitrogens with zero attached hydrogens (tertiary/aromatic N) is 1. The summed E-state index contributed by atoms with van der Waals surface area (Å²) in [5, 5.41) is 3.68. The molecule has 4 rings (SSSR count). The number of carbonyl (C=O) groups excluding carboxylic acids is 2. The van der Waals surface area contributed by atoms with Gasteiger partial charge in [0.15, 0.2) is 0 Å². The van der Waals surface area contributed by atoms with Gasteiger partial charge in [-0.2, -0.15) is 0 Å². The third-order valence-electron chi connectivity index (χ3n) is 6.04. The highest BCUT2D eigenvalue weighted by Crippen LogP contribution is 2.31. The molecule has 2 amide bonds. The third-order valence-corrected chi connectivity index (χ3v) is 6.74. The topological polar surface area (TPSA) is 49.4 Å². The number of hydrogen-bond acceptors (Lipinski definition) is 2. The predicted molar refractivity (Wildman–Crippen MR) is 139 cm³/mol. The average Bonchev–Trinajstić information content (AvgIpc) is 2.83. The van der Waals surface area contributed by atoms with Crippen molar-refractivity contribution in [2.24, 2.45) is 0 Å².